The molecule has 0 bridgehead atoms. The summed E-state index contributed by atoms with van der Waals surface area (Å²) in [6.45, 7) is 0. The summed E-state index contributed by atoms with van der Waals surface area (Å²) in [5, 5.41) is 12.4. The Labute approximate surface area is 135 Å². The molecule has 21 heavy (non-hydrogen) atoms. The Hall–Kier alpha value is -1.89. The van der Waals surface area contributed by atoms with Crippen LogP contribution in [-0.2, 0) is 3.61 Å². The molecule has 1 atom stereocenters. The normalized spacial score (nSPS) is 23.3. The number of benzene rings is 2. The molecule has 4 nitrogen and oxygen atoms in total. The zero-order chi connectivity index (χ0) is 14.9. The van der Waals surface area contributed by atoms with Crippen LogP contribution in [0.4, 0.5) is 0 Å². The van der Waals surface area contributed by atoms with E-state index in [0.717, 1.165) is 5.56 Å². The number of fused-ring (bicyclic) bond motifs is 1. The van der Waals surface area contributed by atoms with Gasteiger partial charge in [-0.15, -0.1) is 0 Å². The van der Waals surface area contributed by atoms with E-state index in [9.17, 15) is 10.0 Å². The number of ether oxygens (including phenoxy) is 1. The van der Waals surface area contributed by atoms with Crippen molar-refractivity contribution in [2.75, 3.05) is 0 Å². The van der Waals surface area contributed by atoms with Gasteiger partial charge in [-0.1, -0.05) is 47.6 Å². The average molecular weight is 393 g/mol. The van der Waals surface area contributed by atoms with Crippen LogP contribution in [0.3, 0.4) is 0 Å². The predicted molar refractivity (Wildman–Crippen MR) is 87.4 cm³/mol. The van der Waals surface area contributed by atoms with Crippen LogP contribution in [0.2, 0.25) is 0 Å². The first-order chi connectivity index (χ1) is 10.1. The predicted octanol–water partition coefficient (Wildman–Crippen LogP) is 3.77. The molecule has 0 saturated heterocycles. The summed E-state index contributed by atoms with van der Waals surface area (Å²) < 4.78 is 5.32. The molecule has 0 radical (unpaired) electrons. The third-order valence-electron chi connectivity index (χ3n) is 3.39. The summed E-state index contributed by atoms with van der Waals surface area (Å²) >= 11 is 2.16. The van der Waals surface area contributed by atoms with Gasteiger partial charge < -0.3 is 9.94 Å². The van der Waals surface area contributed by atoms with E-state index in [2.05, 4.69) is 27.7 Å². The molecule has 0 saturated carbocycles. The maximum absolute atomic E-state index is 12.4. The first-order valence-corrected chi connectivity index (χ1v) is 7.50. The maximum Gasteiger partial charge on any atom is 0.214 e. The Kier molecular flexibility index (Phi) is 3.67. The second-order valence-corrected chi connectivity index (χ2v) is 6.49. The number of rotatable bonds is 1. The minimum Gasteiger partial charge on any atom is -0.471 e. The molecule has 0 aliphatic carbocycles. The van der Waals surface area contributed by atoms with E-state index < -0.39 is 3.61 Å². The molecular formula is C16H12INO3. The van der Waals surface area contributed by atoms with Gasteiger partial charge >= 0.3 is 0 Å². The van der Waals surface area contributed by atoms with Gasteiger partial charge in [0.05, 0.1) is 12.0 Å². The van der Waals surface area contributed by atoms with E-state index in [4.69, 9.17) is 4.74 Å². The topological polar surface area (TPSA) is 58.9 Å². The Morgan fingerprint density at radius 2 is 1.76 bits per heavy atom. The Morgan fingerprint density at radius 3 is 2.48 bits per heavy atom. The maximum atomic E-state index is 12.4. The molecule has 5 heteroatoms. The average Bonchev–Trinajstić information content (AvgIpc) is 2.64. The van der Waals surface area contributed by atoms with Crippen molar-refractivity contribution in [2.24, 2.45) is 5.16 Å². The highest BCUT2D eigenvalue weighted by Crippen LogP contribution is 2.42. The van der Waals surface area contributed by atoms with Crippen LogP contribution >= 0.6 is 22.6 Å². The summed E-state index contributed by atoms with van der Waals surface area (Å²) in [6.07, 6.45) is 0.196. The number of nitrogens with zero attached hydrogens (tertiary/aromatic N) is 1. The number of ketones is 1. The second kappa shape index (κ2) is 5.48. The quantitative estimate of drug-likeness (QED) is 0.347. The SMILES string of the molecule is O=C1C(=NO)CC(I)(c2ccccc2)Oc2ccccc21. The lowest BCUT2D eigenvalue weighted by Gasteiger charge is -2.27. The van der Waals surface area contributed by atoms with Crippen molar-refractivity contribution >= 4 is 34.1 Å². The van der Waals surface area contributed by atoms with Crippen molar-refractivity contribution in [1.29, 1.82) is 0 Å². The van der Waals surface area contributed by atoms with Gasteiger partial charge in [0.25, 0.3) is 0 Å². The summed E-state index contributed by atoms with van der Waals surface area (Å²) in [5.74, 6) is 0.196. The largest absolute Gasteiger partial charge is 0.471 e. The molecule has 0 fully saturated rings. The second-order valence-electron chi connectivity index (χ2n) is 4.75. The Bertz CT molecular complexity index is 714. The van der Waals surface area contributed by atoms with Crippen LogP contribution in [0, 0.1) is 0 Å². The molecule has 106 valence electrons. The van der Waals surface area contributed by atoms with Crippen molar-refractivity contribution in [3.63, 3.8) is 0 Å². The van der Waals surface area contributed by atoms with E-state index in [-0.39, 0.29) is 17.9 Å². The Morgan fingerprint density at radius 1 is 1.10 bits per heavy atom. The lowest BCUT2D eigenvalue weighted by Crippen LogP contribution is -2.28. The van der Waals surface area contributed by atoms with Gasteiger partial charge in [0.1, 0.15) is 11.5 Å². The lowest BCUT2D eigenvalue weighted by atomic mass is 10.00. The number of carbonyl (C=O) groups is 1. The first-order valence-electron chi connectivity index (χ1n) is 6.42. The third-order valence-corrected chi connectivity index (χ3v) is 4.61. The van der Waals surface area contributed by atoms with Gasteiger partial charge in [-0.3, -0.25) is 4.79 Å². The van der Waals surface area contributed by atoms with Crippen molar-refractivity contribution in [3.8, 4) is 5.75 Å². The van der Waals surface area contributed by atoms with Crippen LogP contribution in [-0.4, -0.2) is 16.7 Å². The third kappa shape index (κ3) is 2.53. The van der Waals surface area contributed by atoms with Crippen LogP contribution in [0.5, 0.6) is 5.75 Å². The number of carbonyl (C=O) groups excluding carboxylic acids is 1. The fourth-order valence-corrected chi connectivity index (χ4v) is 3.29. The molecule has 1 aliphatic heterocycles. The minimum atomic E-state index is -0.789. The molecule has 0 spiro atoms. The molecule has 3 rings (SSSR count). The monoisotopic (exact) mass is 393 g/mol. The highest BCUT2D eigenvalue weighted by molar-refractivity contribution is 14.1. The molecule has 0 aromatic heterocycles. The first kappa shape index (κ1) is 14.1. The lowest BCUT2D eigenvalue weighted by molar-refractivity contribution is 0.106. The molecule has 1 N–H and O–H groups in total. The molecule has 2 aromatic rings. The highest BCUT2D eigenvalue weighted by Gasteiger charge is 2.39. The summed E-state index contributed by atoms with van der Waals surface area (Å²) in [6, 6.07) is 16.6. The number of oxime groups is 1. The zero-order valence-electron chi connectivity index (χ0n) is 11.0. The van der Waals surface area contributed by atoms with Crippen LogP contribution in [0.15, 0.2) is 59.8 Å². The van der Waals surface area contributed by atoms with E-state index in [1.54, 1.807) is 18.2 Å². The van der Waals surface area contributed by atoms with Crippen molar-refractivity contribution in [1.82, 2.24) is 0 Å². The van der Waals surface area contributed by atoms with Crippen molar-refractivity contribution < 1.29 is 14.7 Å². The number of hydrogen-bond acceptors (Lipinski definition) is 4. The Balaban J connectivity index is 2.16. The standard InChI is InChI=1S/C16H12INO3/c17-16(11-6-2-1-3-7-11)10-13(18-20)15(19)12-8-4-5-9-14(12)21-16/h1-9,20H,10H2. The minimum absolute atomic E-state index is 0.0956. The summed E-state index contributed by atoms with van der Waals surface area (Å²) in [4.78, 5) is 12.4. The number of halogens is 1. The fourth-order valence-electron chi connectivity index (χ4n) is 2.33. The van der Waals surface area contributed by atoms with E-state index in [0.29, 0.717) is 11.3 Å². The van der Waals surface area contributed by atoms with Crippen LogP contribution in [0.1, 0.15) is 22.3 Å². The fraction of sp³-hybridized carbons (Fsp3) is 0.125. The zero-order valence-corrected chi connectivity index (χ0v) is 13.1. The van der Waals surface area contributed by atoms with Gasteiger partial charge in [0, 0.05) is 5.56 Å². The van der Waals surface area contributed by atoms with Crippen LogP contribution in [0.25, 0.3) is 0 Å². The van der Waals surface area contributed by atoms with E-state index in [1.807, 2.05) is 36.4 Å². The highest BCUT2D eigenvalue weighted by atomic mass is 127. The van der Waals surface area contributed by atoms with E-state index in [1.165, 1.54) is 0 Å². The van der Waals surface area contributed by atoms with Crippen LogP contribution < -0.4 is 4.74 Å². The van der Waals surface area contributed by atoms with Gasteiger partial charge in [0.15, 0.2) is 3.61 Å². The number of hydrogen-bond donors (Lipinski definition) is 1. The molecule has 1 heterocycles. The summed E-state index contributed by atoms with van der Waals surface area (Å²) in [5.41, 5.74) is 1.43. The molecule has 2 aromatic carbocycles. The van der Waals surface area contributed by atoms with Gasteiger partial charge in [-0.2, -0.15) is 0 Å². The van der Waals surface area contributed by atoms with Gasteiger partial charge in [-0.25, -0.2) is 0 Å². The molecule has 0 amide bonds. The molecular weight excluding hydrogens is 381 g/mol. The smallest absolute Gasteiger partial charge is 0.214 e. The summed E-state index contributed by atoms with van der Waals surface area (Å²) in [7, 11) is 0. The molecule has 1 unspecified atom stereocenters. The molecule has 1 aliphatic rings. The van der Waals surface area contributed by atoms with E-state index >= 15 is 0 Å². The van der Waals surface area contributed by atoms with Crippen molar-refractivity contribution in [2.45, 2.75) is 10.0 Å². The van der Waals surface area contributed by atoms with Gasteiger partial charge in [-0.05, 0) is 34.7 Å². The number of para-hydroxylation sites is 1. The van der Waals surface area contributed by atoms with Crippen molar-refractivity contribution in [3.05, 3.63) is 65.7 Å². The number of alkyl halides is 1. The van der Waals surface area contributed by atoms with Gasteiger partial charge in [0.2, 0.25) is 5.78 Å². The number of Topliss-reactive ketones (excluding diaryl/α,β-unsaturated/α-hetero) is 1.